The van der Waals surface area contributed by atoms with E-state index in [-0.39, 0.29) is 11.1 Å². The van der Waals surface area contributed by atoms with Crippen LogP contribution in [0.4, 0.5) is 5.82 Å². The molecule has 0 unspecified atom stereocenters. The molecule has 0 aliphatic rings. The lowest BCUT2D eigenvalue weighted by Gasteiger charge is -1.97. The third kappa shape index (κ3) is 0.950. The van der Waals surface area contributed by atoms with Gasteiger partial charge in [0.25, 0.3) is 5.56 Å². The minimum absolute atomic E-state index is 0.0270. The second-order valence-electron chi connectivity index (χ2n) is 1.72. The van der Waals surface area contributed by atoms with Crippen LogP contribution < -0.4 is 11.3 Å². The lowest BCUT2D eigenvalue weighted by atomic mass is 10.7. The Bertz CT molecular complexity index is 307. The fraction of sp³-hybridized carbons (Fsp3) is 0.250. The summed E-state index contributed by atoms with van der Waals surface area (Å²) >= 11 is 5.42. The van der Waals surface area contributed by atoms with Crippen LogP contribution in [0.5, 0.6) is 0 Å². The maximum atomic E-state index is 10.8. The molecule has 0 bridgehead atoms. The zero-order valence-corrected chi connectivity index (χ0v) is 5.96. The van der Waals surface area contributed by atoms with E-state index in [1.165, 1.54) is 7.05 Å². The van der Waals surface area contributed by atoms with Gasteiger partial charge in [-0.15, -0.1) is 10.2 Å². The van der Waals surface area contributed by atoms with Gasteiger partial charge in [0.1, 0.15) is 0 Å². The topological polar surface area (TPSA) is 73.8 Å². The average molecular weight is 161 g/mol. The molecule has 0 saturated heterocycles. The Morgan fingerprint density at radius 2 is 2.20 bits per heavy atom. The van der Waals surface area contributed by atoms with Gasteiger partial charge in [0, 0.05) is 7.05 Å². The van der Waals surface area contributed by atoms with Gasteiger partial charge >= 0.3 is 0 Å². The molecule has 0 radical (unpaired) electrons. The summed E-state index contributed by atoms with van der Waals surface area (Å²) in [4.78, 5) is 10.8. The summed E-state index contributed by atoms with van der Waals surface area (Å²) in [5.41, 5.74) is 4.69. The number of halogens is 1. The lowest BCUT2D eigenvalue weighted by molar-refractivity contribution is 0.784. The van der Waals surface area contributed by atoms with Gasteiger partial charge in [0.05, 0.1) is 0 Å². The highest BCUT2D eigenvalue weighted by molar-refractivity contribution is 6.28. The predicted octanol–water partition coefficient (Wildman–Crippen LogP) is -0.589. The van der Waals surface area contributed by atoms with Gasteiger partial charge in [0.15, 0.2) is 0 Å². The summed E-state index contributed by atoms with van der Waals surface area (Å²) in [5, 5.41) is 6.72. The molecule has 5 nitrogen and oxygen atoms in total. The van der Waals surface area contributed by atoms with Crippen molar-refractivity contribution in [2.24, 2.45) is 7.05 Å². The van der Waals surface area contributed by atoms with Crippen molar-refractivity contribution in [3.63, 3.8) is 0 Å². The van der Waals surface area contributed by atoms with Gasteiger partial charge in [-0.05, 0) is 11.6 Å². The number of anilines is 1. The summed E-state index contributed by atoms with van der Waals surface area (Å²) in [6.07, 6.45) is 0. The summed E-state index contributed by atoms with van der Waals surface area (Å²) in [7, 11) is 1.47. The highest BCUT2D eigenvalue weighted by Gasteiger charge is 2.01. The molecule has 1 heterocycles. The molecule has 1 aromatic heterocycles. The Labute approximate surface area is 61.4 Å². The zero-order valence-electron chi connectivity index (χ0n) is 5.21. The van der Waals surface area contributed by atoms with E-state index in [2.05, 4.69) is 10.2 Å². The fourth-order valence-electron chi connectivity index (χ4n) is 0.461. The second kappa shape index (κ2) is 2.26. The lowest BCUT2D eigenvalue weighted by Crippen LogP contribution is -2.23. The highest BCUT2D eigenvalue weighted by atomic mass is 35.5. The minimum Gasteiger partial charge on any atom is -0.378 e. The number of aromatic nitrogens is 3. The maximum absolute atomic E-state index is 10.8. The monoisotopic (exact) mass is 160 g/mol. The molecule has 1 rings (SSSR count). The van der Waals surface area contributed by atoms with E-state index in [9.17, 15) is 4.79 Å². The predicted molar refractivity (Wildman–Crippen MR) is 36.7 cm³/mol. The van der Waals surface area contributed by atoms with Crippen molar-refractivity contribution in [1.29, 1.82) is 0 Å². The maximum Gasteiger partial charge on any atom is 0.297 e. The second-order valence-corrected chi connectivity index (χ2v) is 2.06. The summed E-state index contributed by atoms with van der Waals surface area (Å²) in [5.74, 6) is -0.146. The molecule has 0 fully saturated rings. The highest BCUT2D eigenvalue weighted by Crippen LogP contribution is 1.95. The molecule has 0 saturated carbocycles. The Kier molecular flexibility index (Phi) is 1.58. The number of rotatable bonds is 0. The van der Waals surface area contributed by atoms with Crippen LogP contribution in [0, 0.1) is 0 Å². The first-order valence-electron chi connectivity index (χ1n) is 2.47. The van der Waals surface area contributed by atoms with Crippen molar-refractivity contribution >= 4 is 17.4 Å². The zero-order chi connectivity index (χ0) is 7.72. The molecule has 2 N–H and O–H groups in total. The molecule has 0 aliphatic heterocycles. The number of nitrogens with zero attached hydrogens (tertiary/aromatic N) is 3. The van der Waals surface area contributed by atoms with Crippen molar-refractivity contribution < 1.29 is 0 Å². The molecule has 0 amide bonds. The molecule has 0 spiro atoms. The van der Waals surface area contributed by atoms with Crippen molar-refractivity contribution in [2.75, 3.05) is 5.73 Å². The van der Waals surface area contributed by atoms with E-state index in [1.807, 2.05) is 0 Å². The van der Waals surface area contributed by atoms with Gasteiger partial charge in [-0.25, -0.2) is 0 Å². The fourth-order valence-corrected chi connectivity index (χ4v) is 0.575. The first-order valence-corrected chi connectivity index (χ1v) is 2.85. The normalized spacial score (nSPS) is 9.80. The Morgan fingerprint density at radius 3 is 2.70 bits per heavy atom. The Hall–Kier alpha value is -1.10. The molecule has 0 aliphatic carbocycles. The van der Waals surface area contributed by atoms with E-state index >= 15 is 0 Å². The molecule has 10 heavy (non-hydrogen) atoms. The number of hydrogen-bond acceptors (Lipinski definition) is 4. The smallest absolute Gasteiger partial charge is 0.297 e. The van der Waals surface area contributed by atoms with Crippen molar-refractivity contribution in [1.82, 2.24) is 14.8 Å². The van der Waals surface area contributed by atoms with Crippen LogP contribution >= 0.6 is 11.6 Å². The van der Waals surface area contributed by atoms with E-state index in [0.717, 1.165) is 4.57 Å². The van der Waals surface area contributed by atoms with E-state index in [4.69, 9.17) is 17.3 Å². The van der Waals surface area contributed by atoms with E-state index in [0.29, 0.717) is 0 Å². The molecule has 54 valence electrons. The van der Waals surface area contributed by atoms with Crippen molar-refractivity contribution in [2.45, 2.75) is 0 Å². The standard InChI is InChI=1S/C4H5ClN4O/c1-9-3(10)2(6)7-8-4(9)5/h1H3,(H2,6,7). The largest absolute Gasteiger partial charge is 0.378 e. The minimum atomic E-state index is -0.431. The Morgan fingerprint density at radius 1 is 1.60 bits per heavy atom. The molecular weight excluding hydrogens is 156 g/mol. The van der Waals surface area contributed by atoms with E-state index < -0.39 is 5.56 Å². The summed E-state index contributed by atoms with van der Waals surface area (Å²) in [6.45, 7) is 0. The third-order valence-electron chi connectivity index (χ3n) is 1.04. The van der Waals surface area contributed by atoms with Crippen LogP contribution in [0.25, 0.3) is 0 Å². The van der Waals surface area contributed by atoms with Crippen LogP contribution in [-0.2, 0) is 7.05 Å². The van der Waals surface area contributed by atoms with Crippen LogP contribution in [-0.4, -0.2) is 14.8 Å². The van der Waals surface area contributed by atoms with Crippen molar-refractivity contribution in [3.8, 4) is 0 Å². The Balaban J connectivity index is 3.50. The van der Waals surface area contributed by atoms with Gasteiger partial charge in [0.2, 0.25) is 11.1 Å². The van der Waals surface area contributed by atoms with Crippen LogP contribution in [0.15, 0.2) is 4.79 Å². The van der Waals surface area contributed by atoms with E-state index in [1.54, 1.807) is 0 Å². The first-order chi connectivity index (χ1) is 4.63. The molecule has 1 aromatic rings. The quantitative estimate of drug-likeness (QED) is 0.551. The number of hydrogen-bond donors (Lipinski definition) is 1. The number of nitrogens with two attached hydrogens (primary N) is 1. The van der Waals surface area contributed by atoms with Crippen LogP contribution in [0.2, 0.25) is 5.28 Å². The average Bonchev–Trinajstić information content (AvgIpc) is 1.93. The molecule has 0 aromatic carbocycles. The molecular formula is C4H5ClN4O. The summed E-state index contributed by atoms with van der Waals surface area (Å²) < 4.78 is 1.11. The van der Waals surface area contributed by atoms with Crippen LogP contribution in [0.3, 0.4) is 0 Å². The van der Waals surface area contributed by atoms with Gasteiger partial charge in [-0.3, -0.25) is 9.36 Å². The van der Waals surface area contributed by atoms with Crippen molar-refractivity contribution in [3.05, 3.63) is 15.6 Å². The van der Waals surface area contributed by atoms with Crippen LogP contribution in [0.1, 0.15) is 0 Å². The first kappa shape index (κ1) is 7.01. The van der Waals surface area contributed by atoms with Gasteiger partial charge in [-0.1, -0.05) is 0 Å². The molecule has 0 atom stereocenters. The number of nitrogen functional groups attached to an aromatic ring is 1. The third-order valence-corrected chi connectivity index (χ3v) is 1.37. The van der Waals surface area contributed by atoms with Gasteiger partial charge < -0.3 is 5.73 Å². The summed E-state index contributed by atoms with van der Waals surface area (Å²) in [6, 6.07) is 0. The SMILES string of the molecule is Cn1c(Cl)nnc(N)c1=O. The molecule has 6 heteroatoms. The van der Waals surface area contributed by atoms with Gasteiger partial charge in [-0.2, -0.15) is 0 Å².